The fourth-order valence-corrected chi connectivity index (χ4v) is 1.42. The first-order valence-corrected chi connectivity index (χ1v) is 4.80. The standard InChI is InChI=1S/C11H10O7/c1-5-2-7(12)10(11(17)18-5)6(3-8(13)14)4-9(15)16/h2-3,12H,4H2,1H3,(H,13,14)(H,15,16). The average Bonchev–Trinajstić information content (AvgIpc) is 2.12. The molecule has 0 saturated carbocycles. The first-order chi connectivity index (χ1) is 8.31. The summed E-state index contributed by atoms with van der Waals surface area (Å²) in [5, 5.41) is 26.8. The van der Waals surface area contributed by atoms with Crippen LogP contribution in [0.1, 0.15) is 17.7 Å². The number of carboxylic acids is 2. The van der Waals surface area contributed by atoms with Gasteiger partial charge < -0.3 is 19.7 Å². The van der Waals surface area contributed by atoms with Gasteiger partial charge in [-0.05, 0) is 12.5 Å². The van der Waals surface area contributed by atoms with E-state index in [0.717, 1.165) is 6.07 Å². The van der Waals surface area contributed by atoms with Crippen molar-refractivity contribution in [3.8, 4) is 5.75 Å². The Hall–Kier alpha value is -2.57. The maximum Gasteiger partial charge on any atom is 0.347 e. The zero-order chi connectivity index (χ0) is 13.9. The van der Waals surface area contributed by atoms with Crippen LogP contribution in [0.2, 0.25) is 0 Å². The summed E-state index contributed by atoms with van der Waals surface area (Å²) >= 11 is 0. The van der Waals surface area contributed by atoms with E-state index in [1.165, 1.54) is 6.92 Å². The molecule has 7 nitrogen and oxygen atoms in total. The Bertz CT molecular complexity index is 580. The van der Waals surface area contributed by atoms with E-state index in [4.69, 9.17) is 14.6 Å². The van der Waals surface area contributed by atoms with Gasteiger partial charge in [-0.25, -0.2) is 9.59 Å². The molecule has 1 aromatic heterocycles. The monoisotopic (exact) mass is 254 g/mol. The Morgan fingerprint density at radius 2 is 2.00 bits per heavy atom. The fraction of sp³-hybridized carbons (Fsp3) is 0.182. The van der Waals surface area contributed by atoms with E-state index in [-0.39, 0.29) is 11.3 Å². The Labute approximate surface area is 101 Å². The summed E-state index contributed by atoms with van der Waals surface area (Å²) in [6.45, 7) is 1.42. The number of carbonyl (C=O) groups is 2. The van der Waals surface area contributed by atoms with Crippen molar-refractivity contribution < 1.29 is 29.3 Å². The second-order valence-electron chi connectivity index (χ2n) is 3.48. The van der Waals surface area contributed by atoms with E-state index in [1.54, 1.807) is 0 Å². The largest absolute Gasteiger partial charge is 0.507 e. The van der Waals surface area contributed by atoms with Crippen LogP contribution in [-0.2, 0) is 9.59 Å². The van der Waals surface area contributed by atoms with Crippen LogP contribution in [0.25, 0.3) is 5.57 Å². The third-order valence-electron chi connectivity index (χ3n) is 2.01. The zero-order valence-corrected chi connectivity index (χ0v) is 9.34. The third kappa shape index (κ3) is 3.21. The molecule has 0 bridgehead atoms. The van der Waals surface area contributed by atoms with Crippen molar-refractivity contribution in [3.05, 3.63) is 33.9 Å². The van der Waals surface area contributed by atoms with Gasteiger partial charge in [0, 0.05) is 12.1 Å². The highest BCUT2D eigenvalue weighted by molar-refractivity contribution is 5.95. The van der Waals surface area contributed by atoms with Gasteiger partial charge in [0.05, 0.1) is 6.42 Å². The molecule has 96 valence electrons. The van der Waals surface area contributed by atoms with Crippen molar-refractivity contribution in [2.24, 2.45) is 0 Å². The lowest BCUT2D eigenvalue weighted by atomic mass is 10.0. The number of aromatic hydroxyl groups is 1. The van der Waals surface area contributed by atoms with E-state index in [9.17, 15) is 19.5 Å². The van der Waals surface area contributed by atoms with Crippen LogP contribution in [0.4, 0.5) is 0 Å². The summed E-state index contributed by atoms with van der Waals surface area (Å²) in [6.07, 6.45) is -0.164. The normalized spacial score (nSPS) is 11.3. The minimum atomic E-state index is -1.43. The van der Waals surface area contributed by atoms with Crippen molar-refractivity contribution in [2.45, 2.75) is 13.3 Å². The summed E-state index contributed by atoms with van der Waals surface area (Å²) in [5.74, 6) is -3.14. The molecule has 0 fully saturated rings. The summed E-state index contributed by atoms with van der Waals surface area (Å²) in [5.41, 5.74) is -1.77. The second kappa shape index (κ2) is 5.17. The number of carboxylic acid groups (broad SMARTS) is 2. The van der Waals surface area contributed by atoms with E-state index in [2.05, 4.69) is 0 Å². The predicted molar refractivity (Wildman–Crippen MR) is 59.2 cm³/mol. The molecule has 0 aromatic carbocycles. The van der Waals surface area contributed by atoms with Gasteiger partial charge in [0.1, 0.15) is 17.1 Å². The quantitative estimate of drug-likeness (QED) is 0.671. The Balaban J connectivity index is 3.43. The van der Waals surface area contributed by atoms with Crippen LogP contribution in [0.3, 0.4) is 0 Å². The van der Waals surface area contributed by atoms with Gasteiger partial charge in [-0.1, -0.05) is 0 Å². The van der Waals surface area contributed by atoms with Crippen LogP contribution in [0, 0.1) is 6.92 Å². The van der Waals surface area contributed by atoms with E-state index in [1.807, 2.05) is 0 Å². The summed E-state index contributed by atoms with van der Waals surface area (Å²) in [6, 6.07) is 1.11. The van der Waals surface area contributed by atoms with Gasteiger partial charge in [-0.15, -0.1) is 0 Å². The van der Waals surface area contributed by atoms with E-state index < -0.39 is 35.3 Å². The van der Waals surface area contributed by atoms with Crippen molar-refractivity contribution >= 4 is 17.5 Å². The van der Waals surface area contributed by atoms with Crippen LogP contribution < -0.4 is 5.63 Å². The van der Waals surface area contributed by atoms with Gasteiger partial charge in [0.15, 0.2) is 0 Å². The van der Waals surface area contributed by atoms with Crippen molar-refractivity contribution in [2.75, 3.05) is 0 Å². The van der Waals surface area contributed by atoms with Crippen LogP contribution in [0.5, 0.6) is 5.75 Å². The zero-order valence-electron chi connectivity index (χ0n) is 9.34. The Morgan fingerprint density at radius 1 is 1.39 bits per heavy atom. The van der Waals surface area contributed by atoms with Gasteiger partial charge in [-0.3, -0.25) is 4.79 Å². The molecule has 0 aliphatic heterocycles. The molecule has 0 aliphatic rings. The molecule has 0 atom stereocenters. The fourth-order valence-electron chi connectivity index (χ4n) is 1.42. The molecule has 0 spiro atoms. The number of rotatable bonds is 4. The molecule has 0 unspecified atom stereocenters. The highest BCUT2D eigenvalue weighted by Gasteiger charge is 2.18. The van der Waals surface area contributed by atoms with E-state index >= 15 is 0 Å². The molecule has 7 heteroatoms. The Morgan fingerprint density at radius 3 is 2.44 bits per heavy atom. The molecule has 1 heterocycles. The summed E-state index contributed by atoms with van der Waals surface area (Å²) < 4.78 is 4.69. The van der Waals surface area contributed by atoms with Crippen LogP contribution >= 0.6 is 0 Å². The van der Waals surface area contributed by atoms with Crippen molar-refractivity contribution in [1.82, 2.24) is 0 Å². The first kappa shape index (κ1) is 13.5. The van der Waals surface area contributed by atoms with Crippen LogP contribution in [-0.4, -0.2) is 27.3 Å². The average molecular weight is 254 g/mol. The SMILES string of the molecule is Cc1cc(O)c(C(=CC(=O)O)CC(=O)O)c(=O)o1. The maximum atomic E-state index is 11.5. The summed E-state index contributed by atoms with van der Waals surface area (Å²) in [4.78, 5) is 32.7. The molecule has 1 rings (SSSR count). The molecule has 0 amide bonds. The molecule has 0 saturated heterocycles. The highest BCUT2D eigenvalue weighted by Crippen LogP contribution is 2.25. The third-order valence-corrected chi connectivity index (χ3v) is 2.01. The second-order valence-corrected chi connectivity index (χ2v) is 3.48. The lowest BCUT2D eigenvalue weighted by Crippen LogP contribution is -2.11. The predicted octanol–water partition coefficient (Wildman–Crippen LogP) is 0.597. The van der Waals surface area contributed by atoms with Crippen molar-refractivity contribution in [3.63, 3.8) is 0 Å². The minimum Gasteiger partial charge on any atom is -0.507 e. The molecule has 3 N–H and O–H groups in total. The number of hydrogen-bond donors (Lipinski definition) is 3. The van der Waals surface area contributed by atoms with Crippen molar-refractivity contribution in [1.29, 1.82) is 0 Å². The van der Waals surface area contributed by atoms with Gasteiger partial charge in [-0.2, -0.15) is 0 Å². The molecule has 0 aliphatic carbocycles. The van der Waals surface area contributed by atoms with E-state index in [0.29, 0.717) is 6.08 Å². The molecular formula is C11H10O7. The highest BCUT2D eigenvalue weighted by atomic mass is 16.4. The lowest BCUT2D eigenvalue weighted by molar-refractivity contribution is -0.135. The topological polar surface area (TPSA) is 125 Å². The molecule has 0 radical (unpaired) electrons. The molecular weight excluding hydrogens is 244 g/mol. The molecule has 1 aromatic rings. The minimum absolute atomic E-state index is 0.131. The van der Waals surface area contributed by atoms with Gasteiger partial charge in [0.25, 0.3) is 0 Å². The summed E-state index contributed by atoms with van der Waals surface area (Å²) in [7, 11) is 0. The molecule has 18 heavy (non-hydrogen) atoms. The lowest BCUT2D eigenvalue weighted by Gasteiger charge is -2.05. The Kier molecular flexibility index (Phi) is 3.88. The number of aliphatic carboxylic acids is 2. The maximum absolute atomic E-state index is 11.5. The number of aryl methyl sites for hydroxylation is 1. The first-order valence-electron chi connectivity index (χ1n) is 4.80. The van der Waals surface area contributed by atoms with Gasteiger partial charge in [0.2, 0.25) is 0 Å². The smallest absolute Gasteiger partial charge is 0.347 e. The van der Waals surface area contributed by atoms with Gasteiger partial charge >= 0.3 is 17.6 Å². The number of hydrogen-bond acceptors (Lipinski definition) is 5. The van der Waals surface area contributed by atoms with Crippen LogP contribution in [0.15, 0.2) is 21.4 Å².